The normalized spacial score (nSPS) is 16.4. The maximum Gasteiger partial charge on any atom is 0.268 e. The number of hydrogen-bond acceptors (Lipinski definition) is 5. The molecule has 1 aliphatic rings. The van der Waals surface area contributed by atoms with Gasteiger partial charge in [-0.25, -0.2) is 4.68 Å². The van der Waals surface area contributed by atoms with Gasteiger partial charge in [-0.15, -0.1) is 0 Å². The summed E-state index contributed by atoms with van der Waals surface area (Å²) in [6.07, 6.45) is 3.80. The number of methoxy groups -OCH3 is 1. The van der Waals surface area contributed by atoms with Crippen LogP contribution in [-0.4, -0.2) is 42.4 Å². The maximum atomic E-state index is 12.2. The number of carbonyl (C=O) groups excluding carboxylic acids is 1. The van der Waals surface area contributed by atoms with Gasteiger partial charge in [0, 0.05) is 39.2 Å². The van der Waals surface area contributed by atoms with Crippen molar-refractivity contribution >= 4 is 11.6 Å². The number of amides is 1. The number of benzene rings is 1. The maximum absolute atomic E-state index is 12.2. The summed E-state index contributed by atoms with van der Waals surface area (Å²) in [5, 5.41) is 7.11. The molecule has 1 atom stereocenters. The molecular weight excluding hydrogens is 344 g/mol. The van der Waals surface area contributed by atoms with Crippen molar-refractivity contribution in [3.05, 3.63) is 52.4 Å². The lowest BCUT2D eigenvalue weighted by atomic mass is 10.1. The molecule has 2 heterocycles. The van der Waals surface area contributed by atoms with E-state index < -0.39 is 0 Å². The zero-order chi connectivity index (χ0) is 19.2. The van der Waals surface area contributed by atoms with Crippen LogP contribution in [0, 0.1) is 5.92 Å². The van der Waals surface area contributed by atoms with Crippen LogP contribution in [0.1, 0.15) is 18.4 Å². The van der Waals surface area contributed by atoms with Crippen molar-refractivity contribution in [2.75, 3.05) is 31.6 Å². The number of nitrogens with zero attached hydrogens (tertiary/aromatic N) is 3. The summed E-state index contributed by atoms with van der Waals surface area (Å²) in [4.78, 5) is 26.1. The topological polar surface area (TPSA) is 76.5 Å². The summed E-state index contributed by atoms with van der Waals surface area (Å²) >= 11 is 0. The monoisotopic (exact) mass is 370 g/mol. The molecule has 0 spiro atoms. The molecule has 1 unspecified atom stereocenters. The molecule has 3 rings (SSSR count). The minimum atomic E-state index is -0.111. The van der Waals surface area contributed by atoms with E-state index in [4.69, 9.17) is 4.74 Å². The van der Waals surface area contributed by atoms with Gasteiger partial charge in [0.1, 0.15) is 5.75 Å². The van der Waals surface area contributed by atoms with Crippen molar-refractivity contribution < 1.29 is 9.53 Å². The van der Waals surface area contributed by atoms with Crippen molar-refractivity contribution in [3.8, 4) is 5.75 Å². The largest absolute Gasteiger partial charge is 0.496 e. The third-order valence-electron chi connectivity index (χ3n) is 5.01. The second kappa shape index (κ2) is 8.70. The van der Waals surface area contributed by atoms with Gasteiger partial charge in [-0.05, 0) is 30.4 Å². The van der Waals surface area contributed by atoms with Crippen LogP contribution >= 0.6 is 0 Å². The average molecular weight is 370 g/mol. The summed E-state index contributed by atoms with van der Waals surface area (Å²) in [6, 6.07) is 9.38. The Balaban J connectivity index is 1.44. The van der Waals surface area contributed by atoms with Crippen LogP contribution in [0.4, 0.5) is 5.69 Å². The number of aryl methyl sites for hydroxylation is 2. The van der Waals surface area contributed by atoms with E-state index in [0.29, 0.717) is 25.3 Å². The van der Waals surface area contributed by atoms with Crippen molar-refractivity contribution in [1.82, 2.24) is 15.1 Å². The molecule has 1 fully saturated rings. The van der Waals surface area contributed by atoms with Crippen molar-refractivity contribution in [2.24, 2.45) is 13.0 Å². The van der Waals surface area contributed by atoms with Gasteiger partial charge in [0.05, 0.1) is 19.0 Å². The molecule has 1 amide bonds. The fraction of sp³-hybridized carbons (Fsp3) is 0.450. The van der Waals surface area contributed by atoms with E-state index in [-0.39, 0.29) is 11.5 Å². The highest BCUT2D eigenvalue weighted by molar-refractivity contribution is 5.76. The molecular formula is C20H26N4O3. The average Bonchev–Trinajstić information content (AvgIpc) is 3.16. The van der Waals surface area contributed by atoms with Gasteiger partial charge in [0.15, 0.2) is 0 Å². The van der Waals surface area contributed by atoms with E-state index in [2.05, 4.69) is 15.3 Å². The molecule has 2 aromatic rings. The van der Waals surface area contributed by atoms with E-state index in [0.717, 1.165) is 36.5 Å². The van der Waals surface area contributed by atoms with Crippen LogP contribution in [0.15, 0.2) is 41.3 Å². The first kappa shape index (κ1) is 18.9. The van der Waals surface area contributed by atoms with Crippen molar-refractivity contribution in [3.63, 3.8) is 0 Å². The third kappa shape index (κ3) is 4.87. The van der Waals surface area contributed by atoms with E-state index in [1.54, 1.807) is 26.4 Å². The van der Waals surface area contributed by atoms with Crippen LogP contribution in [0.2, 0.25) is 0 Å². The summed E-state index contributed by atoms with van der Waals surface area (Å²) in [7, 11) is 3.28. The van der Waals surface area contributed by atoms with Crippen molar-refractivity contribution in [1.29, 1.82) is 0 Å². The van der Waals surface area contributed by atoms with E-state index in [1.807, 2.05) is 24.3 Å². The van der Waals surface area contributed by atoms with Crippen LogP contribution < -0.4 is 20.5 Å². The SMILES string of the molecule is COc1ccccc1CCC(=O)NCC1CCN(c2cnn(C)c(=O)c2)C1. The Bertz CT molecular complexity index is 849. The standard InChI is InChI=1S/C20H26N4O3/c1-23-20(26)11-17(13-22-23)24-10-9-15(14-24)12-21-19(25)8-7-16-5-3-4-6-18(16)27-2/h3-6,11,13,15H,7-10,12,14H2,1-2H3,(H,21,25). The summed E-state index contributed by atoms with van der Waals surface area (Å²) < 4.78 is 6.64. The fourth-order valence-corrected chi connectivity index (χ4v) is 3.37. The molecule has 0 bridgehead atoms. The smallest absolute Gasteiger partial charge is 0.268 e. The Morgan fingerprint density at radius 2 is 2.19 bits per heavy atom. The lowest BCUT2D eigenvalue weighted by molar-refractivity contribution is -0.121. The first-order valence-electron chi connectivity index (χ1n) is 9.23. The molecule has 0 aliphatic carbocycles. The molecule has 1 saturated heterocycles. The molecule has 0 saturated carbocycles. The molecule has 27 heavy (non-hydrogen) atoms. The van der Waals surface area contributed by atoms with Gasteiger partial charge < -0.3 is 15.0 Å². The quantitative estimate of drug-likeness (QED) is 0.797. The zero-order valence-electron chi connectivity index (χ0n) is 15.9. The first-order valence-corrected chi connectivity index (χ1v) is 9.23. The number of anilines is 1. The zero-order valence-corrected chi connectivity index (χ0v) is 15.9. The van der Waals surface area contributed by atoms with Crippen LogP contribution in [-0.2, 0) is 18.3 Å². The van der Waals surface area contributed by atoms with Crippen LogP contribution in [0.3, 0.4) is 0 Å². The molecule has 0 radical (unpaired) electrons. The highest BCUT2D eigenvalue weighted by atomic mass is 16.5. The number of aromatic nitrogens is 2. The summed E-state index contributed by atoms with van der Waals surface area (Å²) in [5.74, 6) is 1.25. The van der Waals surface area contributed by atoms with Crippen LogP contribution in [0.25, 0.3) is 0 Å². The summed E-state index contributed by atoms with van der Waals surface area (Å²) in [5.41, 5.74) is 1.78. The Morgan fingerprint density at radius 1 is 1.37 bits per heavy atom. The highest BCUT2D eigenvalue weighted by Crippen LogP contribution is 2.22. The van der Waals surface area contributed by atoms with E-state index >= 15 is 0 Å². The predicted molar refractivity (Wildman–Crippen MR) is 104 cm³/mol. The number of ether oxygens (including phenoxy) is 1. The lowest BCUT2D eigenvalue weighted by Crippen LogP contribution is -2.31. The van der Waals surface area contributed by atoms with Crippen LogP contribution in [0.5, 0.6) is 5.75 Å². The number of rotatable bonds is 7. The Hall–Kier alpha value is -2.83. The first-order chi connectivity index (χ1) is 13.1. The van der Waals surface area contributed by atoms with E-state index in [1.165, 1.54) is 4.68 Å². The van der Waals surface area contributed by atoms with Gasteiger partial charge in [0.25, 0.3) is 5.56 Å². The van der Waals surface area contributed by atoms with Gasteiger partial charge in [-0.1, -0.05) is 18.2 Å². The highest BCUT2D eigenvalue weighted by Gasteiger charge is 2.23. The molecule has 7 nitrogen and oxygen atoms in total. The molecule has 1 N–H and O–H groups in total. The fourth-order valence-electron chi connectivity index (χ4n) is 3.37. The van der Waals surface area contributed by atoms with Gasteiger partial charge in [-0.2, -0.15) is 5.10 Å². The molecule has 1 aromatic carbocycles. The molecule has 144 valence electrons. The number of para-hydroxylation sites is 1. The number of hydrogen-bond donors (Lipinski definition) is 1. The molecule has 1 aromatic heterocycles. The molecule has 1 aliphatic heterocycles. The second-order valence-corrected chi connectivity index (χ2v) is 6.89. The summed E-state index contributed by atoms with van der Waals surface area (Å²) in [6.45, 7) is 2.35. The van der Waals surface area contributed by atoms with Gasteiger partial charge in [0.2, 0.25) is 5.91 Å². The van der Waals surface area contributed by atoms with E-state index in [9.17, 15) is 9.59 Å². The van der Waals surface area contributed by atoms with Gasteiger partial charge >= 0.3 is 0 Å². The lowest BCUT2D eigenvalue weighted by Gasteiger charge is -2.18. The predicted octanol–water partition coefficient (Wildman–Crippen LogP) is 1.36. The number of nitrogens with one attached hydrogen (secondary N) is 1. The Kier molecular flexibility index (Phi) is 6.11. The Labute approximate surface area is 158 Å². The van der Waals surface area contributed by atoms with Crippen molar-refractivity contribution in [2.45, 2.75) is 19.3 Å². The number of carbonyl (C=O) groups is 1. The minimum absolute atomic E-state index is 0.0506. The van der Waals surface area contributed by atoms with Gasteiger partial charge in [-0.3, -0.25) is 9.59 Å². The third-order valence-corrected chi connectivity index (χ3v) is 5.01. The Morgan fingerprint density at radius 3 is 2.96 bits per heavy atom. The minimum Gasteiger partial charge on any atom is -0.496 e. The second-order valence-electron chi connectivity index (χ2n) is 6.89. The molecule has 7 heteroatoms.